The molecule has 2 heterocycles. The van der Waals surface area contributed by atoms with Crippen LogP contribution in [0.15, 0.2) is 12.1 Å². The fourth-order valence-corrected chi connectivity index (χ4v) is 4.57. The smallest absolute Gasteiger partial charge is 0.254 e. The third kappa shape index (κ3) is 3.74. The number of rotatable bonds is 4. The van der Waals surface area contributed by atoms with E-state index in [1.54, 1.807) is 11.0 Å². The average molecular weight is 331 g/mol. The number of amides is 1. The van der Waals surface area contributed by atoms with Crippen LogP contribution in [0.4, 0.5) is 0 Å². The molecule has 1 aliphatic heterocycles. The van der Waals surface area contributed by atoms with Crippen LogP contribution >= 0.6 is 11.6 Å². The SMILES string of the molecule is CCc1cc(C(=O)N(CC)C2CCS(=O)(=O)C2)cc(Cl)n1. The molecule has 0 radical (unpaired) electrons. The Kier molecular flexibility index (Phi) is 4.88. The number of halogens is 1. The highest BCUT2D eigenvalue weighted by Crippen LogP contribution is 2.21. The Morgan fingerprint density at radius 3 is 2.67 bits per heavy atom. The van der Waals surface area contributed by atoms with Gasteiger partial charge in [0.15, 0.2) is 9.84 Å². The number of hydrogen-bond donors (Lipinski definition) is 0. The van der Waals surface area contributed by atoms with Crippen LogP contribution in [0.25, 0.3) is 0 Å². The second-order valence-electron chi connectivity index (χ2n) is 5.17. The number of hydrogen-bond acceptors (Lipinski definition) is 4. The lowest BCUT2D eigenvalue weighted by Gasteiger charge is -2.27. The molecule has 0 N–H and O–H groups in total. The Labute approximate surface area is 130 Å². The second-order valence-corrected chi connectivity index (χ2v) is 7.79. The standard InChI is InChI=1S/C14H19ClN2O3S/c1-3-11-7-10(8-13(15)16-11)14(18)17(4-2)12-5-6-21(19,20)9-12/h7-8,12H,3-6,9H2,1-2H3. The molecule has 0 aromatic carbocycles. The predicted molar refractivity (Wildman–Crippen MR) is 82.4 cm³/mol. The summed E-state index contributed by atoms with van der Waals surface area (Å²) in [5.74, 6) is 0.0173. The van der Waals surface area contributed by atoms with E-state index in [9.17, 15) is 13.2 Å². The fourth-order valence-electron chi connectivity index (χ4n) is 2.61. The first-order chi connectivity index (χ1) is 9.86. The summed E-state index contributed by atoms with van der Waals surface area (Å²) in [6.07, 6.45) is 1.19. The summed E-state index contributed by atoms with van der Waals surface area (Å²) in [7, 11) is -3.02. The number of carbonyl (C=O) groups excluding carboxylic acids is 1. The molecule has 1 aromatic heterocycles. The second kappa shape index (κ2) is 6.32. The van der Waals surface area contributed by atoms with E-state index in [-0.39, 0.29) is 28.6 Å². The van der Waals surface area contributed by atoms with Crippen molar-refractivity contribution < 1.29 is 13.2 Å². The molecule has 0 aliphatic carbocycles. The lowest BCUT2D eigenvalue weighted by atomic mass is 10.1. The molecule has 1 fully saturated rings. The summed E-state index contributed by atoms with van der Waals surface area (Å²) in [6.45, 7) is 4.26. The van der Waals surface area contributed by atoms with Gasteiger partial charge in [0.05, 0.1) is 11.5 Å². The van der Waals surface area contributed by atoms with Crippen LogP contribution in [0, 0.1) is 0 Å². The van der Waals surface area contributed by atoms with Crippen LogP contribution in [-0.2, 0) is 16.3 Å². The van der Waals surface area contributed by atoms with Crippen LogP contribution in [-0.4, -0.2) is 48.3 Å². The van der Waals surface area contributed by atoms with Gasteiger partial charge in [0.2, 0.25) is 0 Å². The molecule has 2 rings (SSSR count). The van der Waals surface area contributed by atoms with Gasteiger partial charge in [0, 0.05) is 23.8 Å². The van der Waals surface area contributed by atoms with Crippen molar-refractivity contribution >= 4 is 27.3 Å². The lowest BCUT2D eigenvalue weighted by Crippen LogP contribution is -2.41. The van der Waals surface area contributed by atoms with E-state index in [0.717, 1.165) is 5.69 Å². The summed E-state index contributed by atoms with van der Waals surface area (Å²) in [6, 6.07) is 3.01. The van der Waals surface area contributed by atoms with Crippen molar-refractivity contribution in [1.82, 2.24) is 9.88 Å². The van der Waals surface area contributed by atoms with Gasteiger partial charge in [0.25, 0.3) is 5.91 Å². The van der Waals surface area contributed by atoms with Crippen molar-refractivity contribution in [2.24, 2.45) is 0 Å². The summed E-state index contributed by atoms with van der Waals surface area (Å²) in [5.41, 5.74) is 1.22. The molecule has 116 valence electrons. The minimum Gasteiger partial charge on any atom is -0.335 e. The molecule has 1 saturated heterocycles. The van der Waals surface area contributed by atoms with Gasteiger partial charge in [-0.05, 0) is 31.9 Å². The van der Waals surface area contributed by atoms with Crippen molar-refractivity contribution in [2.45, 2.75) is 32.7 Å². The molecule has 1 amide bonds. The quantitative estimate of drug-likeness (QED) is 0.791. The molecular weight excluding hydrogens is 312 g/mol. The zero-order valence-corrected chi connectivity index (χ0v) is 13.7. The van der Waals surface area contributed by atoms with Gasteiger partial charge in [-0.15, -0.1) is 0 Å². The van der Waals surface area contributed by atoms with Crippen molar-refractivity contribution in [2.75, 3.05) is 18.1 Å². The van der Waals surface area contributed by atoms with Gasteiger partial charge in [-0.1, -0.05) is 18.5 Å². The maximum absolute atomic E-state index is 12.6. The molecule has 1 aromatic rings. The highest BCUT2D eigenvalue weighted by molar-refractivity contribution is 7.91. The molecule has 1 unspecified atom stereocenters. The van der Waals surface area contributed by atoms with Crippen LogP contribution in [0.2, 0.25) is 5.15 Å². The maximum Gasteiger partial charge on any atom is 0.254 e. The Morgan fingerprint density at radius 1 is 1.43 bits per heavy atom. The highest BCUT2D eigenvalue weighted by atomic mass is 35.5. The molecule has 0 saturated carbocycles. The van der Waals surface area contributed by atoms with E-state index in [2.05, 4.69) is 4.98 Å². The number of carbonyl (C=O) groups is 1. The van der Waals surface area contributed by atoms with E-state index >= 15 is 0 Å². The van der Waals surface area contributed by atoms with Crippen LogP contribution in [0.5, 0.6) is 0 Å². The monoisotopic (exact) mass is 330 g/mol. The Morgan fingerprint density at radius 2 is 2.14 bits per heavy atom. The van der Waals surface area contributed by atoms with Gasteiger partial charge >= 0.3 is 0 Å². The van der Waals surface area contributed by atoms with Crippen molar-refractivity contribution in [3.05, 3.63) is 28.5 Å². The first-order valence-corrected chi connectivity index (χ1v) is 9.24. The summed E-state index contributed by atoms with van der Waals surface area (Å²) >= 11 is 5.95. The first kappa shape index (κ1) is 16.2. The third-order valence-corrected chi connectivity index (χ3v) is 5.65. The lowest BCUT2D eigenvalue weighted by molar-refractivity contribution is 0.0708. The molecule has 21 heavy (non-hydrogen) atoms. The number of pyridine rings is 1. The fraction of sp³-hybridized carbons (Fsp3) is 0.571. The van der Waals surface area contributed by atoms with E-state index in [4.69, 9.17) is 11.6 Å². The van der Waals surface area contributed by atoms with Crippen molar-refractivity contribution in [1.29, 1.82) is 0 Å². The number of aryl methyl sites for hydroxylation is 1. The van der Waals surface area contributed by atoms with Crippen LogP contribution in [0.3, 0.4) is 0 Å². The molecule has 0 bridgehead atoms. The van der Waals surface area contributed by atoms with Gasteiger partial charge in [-0.2, -0.15) is 0 Å². The van der Waals surface area contributed by atoms with E-state index in [1.807, 2.05) is 13.8 Å². The van der Waals surface area contributed by atoms with Gasteiger partial charge < -0.3 is 4.90 Å². The zero-order valence-electron chi connectivity index (χ0n) is 12.2. The maximum atomic E-state index is 12.6. The third-order valence-electron chi connectivity index (χ3n) is 3.71. The summed E-state index contributed by atoms with van der Waals surface area (Å²) in [4.78, 5) is 18.4. The topological polar surface area (TPSA) is 67.3 Å². The van der Waals surface area contributed by atoms with E-state index < -0.39 is 9.84 Å². The summed E-state index contributed by atoms with van der Waals surface area (Å²) in [5, 5.41) is 0.285. The average Bonchev–Trinajstić information content (AvgIpc) is 2.78. The van der Waals surface area contributed by atoms with Crippen molar-refractivity contribution in [3.8, 4) is 0 Å². The van der Waals surface area contributed by atoms with Gasteiger partial charge in [0.1, 0.15) is 5.15 Å². The minimum absolute atomic E-state index is 0.0476. The highest BCUT2D eigenvalue weighted by Gasteiger charge is 2.34. The minimum atomic E-state index is -3.02. The molecular formula is C14H19ClN2O3S. The molecule has 1 aliphatic rings. The van der Waals surface area contributed by atoms with Crippen LogP contribution in [0.1, 0.15) is 36.3 Å². The van der Waals surface area contributed by atoms with E-state index in [1.165, 1.54) is 6.07 Å². The van der Waals surface area contributed by atoms with Gasteiger partial charge in [-0.25, -0.2) is 13.4 Å². The molecule has 7 heteroatoms. The first-order valence-electron chi connectivity index (χ1n) is 7.04. The number of nitrogens with zero attached hydrogens (tertiary/aromatic N) is 2. The largest absolute Gasteiger partial charge is 0.335 e. The Bertz CT molecular complexity index is 646. The zero-order chi connectivity index (χ0) is 15.6. The summed E-state index contributed by atoms with van der Waals surface area (Å²) < 4.78 is 23.2. The van der Waals surface area contributed by atoms with Crippen LogP contribution < -0.4 is 0 Å². The number of aromatic nitrogens is 1. The number of sulfone groups is 1. The Hall–Kier alpha value is -1.14. The predicted octanol–water partition coefficient (Wildman–Crippen LogP) is 1.95. The molecule has 1 atom stereocenters. The molecule has 5 nitrogen and oxygen atoms in total. The Balaban J connectivity index is 2.26. The van der Waals surface area contributed by atoms with E-state index in [0.29, 0.717) is 24.9 Å². The molecule has 0 spiro atoms. The van der Waals surface area contributed by atoms with Crippen molar-refractivity contribution in [3.63, 3.8) is 0 Å². The normalized spacial score (nSPS) is 20.4. The van der Waals surface area contributed by atoms with Gasteiger partial charge in [-0.3, -0.25) is 4.79 Å².